The van der Waals surface area contributed by atoms with Crippen molar-refractivity contribution in [1.29, 1.82) is 0 Å². The Balaban J connectivity index is 0.00000450. The van der Waals surface area contributed by atoms with E-state index in [1.807, 2.05) is 30.9 Å². The van der Waals surface area contributed by atoms with Gasteiger partial charge in [-0.2, -0.15) is 0 Å². The standard InChI is InChI=1S/C22H36N4O3.HI/c1-4-23-22(25-14-12-21(27)26-15-6-7-16-26)24-13-8-9-18-10-11-19(28-3)20(17-18)29-5-2;/h10-11,17H,4-9,12-16H2,1-3H3,(H2,23,24,25);1H. The van der Waals surface area contributed by atoms with Crippen LogP contribution in [0, 0.1) is 0 Å². The van der Waals surface area contributed by atoms with E-state index in [2.05, 4.69) is 21.7 Å². The van der Waals surface area contributed by atoms with Crippen LogP contribution in [-0.4, -0.2) is 63.2 Å². The van der Waals surface area contributed by atoms with Gasteiger partial charge >= 0.3 is 0 Å². The van der Waals surface area contributed by atoms with Crippen molar-refractivity contribution in [2.45, 2.75) is 46.0 Å². The molecule has 0 radical (unpaired) electrons. The van der Waals surface area contributed by atoms with Gasteiger partial charge in [0.1, 0.15) is 0 Å². The number of guanidine groups is 1. The highest BCUT2D eigenvalue weighted by Gasteiger charge is 2.17. The minimum atomic E-state index is 0. The van der Waals surface area contributed by atoms with Crippen molar-refractivity contribution in [2.24, 2.45) is 4.99 Å². The zero-order chi connectivity index (χ0) is 20.9. The van der Waals surface area contributed by atoms with Crippen molar-refractivity contribution in [1.82, 2.24) is 15.5 Å². The number of carbonyl (C=O) groups excluding carboxylic acids is 1. The molecule has 0 bridgehead atoms. The third-order valence-corrected chi connectivity index (χ3v) is 4.86. The summed E-state index contributed by atoms with van der Waals surface area (Å²) in [6, 6.07) is 6.06. The number of methoxy groups -OCH3 is 1. The molecule has 0 unspecified atom stereocenters. The number of hydrogen-bond acceptors (Lipinski definition) is 4. The number of halogens is 1. The highest BCUT2D eigenvalue weighted by molar-refractivity contribution is 14.0. The first-order valence-corrected chi connectivity index (χ1v) is 10.8. The number of aliphatic imine (C=N–C) groups is 1. The molecule has 1 aromatic rings. The Bertz CT molecular complexity index is 664. The molecule has 0 atom stereocenters. The van der Waals surface area contributed by atoms with Gasteiger partial charge in [-0.25, -0.2) is 0 Å². The van der Waals surface area contributed by atoms with Crippen LogP contribution in [-0.2, 0) is 11.2 Å². The van der Waals surface area contributed by atoms with Gasteiger partial charge in [0.25, 0.3) is 0 Å². The molecule has 0 saturated carbocycles. The second kappa shape index (κ2) is 15.1. The molecular formula is C22H37IN4O3. The van der Waals surface area contributed by atoms with Gasteiger partial charge in [0.15, 0.2) is 17.5 Å². The average molecular weight is 532 g/mol. The number of carbonyl (C=O) groups is 1. The van der Waals surface area contributed by atoms with Crippen molar-refractivity contribution < 1.29 is 14.3 Å². The molecular weight excluding hydrogens is 495 g/mol. The fourth-order valence-corrected chi connectivity index (χ4v) is 3.37. The van der Waals surface area contributed by atoms with Gasteiger partial charge in [-0.15, -0.1) is 24.0 Å². The Morgan fingerprint density at radius 1 is 1.17 bits per heavy atom. The van der Waals surface area contributed by atoms with Gasteiger partial charge in [0, 0.05) is 39.1 Å². The van der Waals surface area contributed by atoms with E-state index in [1.165, 1.54) is 5.56 Å². The second-order valence-corrected chi connectivity index (χ2v) is 7.05. The summed E-state index contributed by atoms with van der Waals surface area (Å²) in [4.78, 5) is 18.7. The second-order valence-electron chi connectivity index (χ2n) is 7.05. The van der Waals surface area contributed by atoms with E-state index in [-0.39, 0.29) is 29.9 Å². The molecule has 1 saturated heterocycles. The number of hydrogen-bond donors (Lipinski definition) is 2. The maximum atomic E-state index is 12.1. The smallest absolute Gasteiger partial charge is 0.224 e. The van der Waals surface area contributed by atoms with Crippen LogP contribution in [0.4, 0.5) is 0 Å². The summed E-state index contributed by atoms with van der Waals surface area (Å²) in [5.74, 6) is 2.55. The van der Waals surface area contributed by atoms with Crippen LogP contribution in [0.5, 0.6) is 11.5 Å². The lowest BCUT2D eigenvalue weighted by atomic mass is 10.1. The Kier molecular flexibility index (Phi) is 13.3. The molecule has 2 rings (SSSR count). The van der Waals surface area contributed by atoms with Gasteiger partial charge in [-0.3, -0.25) is 9.79 Å². The van der Waals surface area contributed by atoms with Crippen LogP contribution in [0.3, 0.4) is 0 Å². The number of benzene rings is 1. The van der Waals surface area contributed by atoms with Crippen LogP contribution < -0.4 is 20.1 Å². The molecule has 1 fully saturated rings. The van der Waals surface area contributed by atoms with E-state index in [0.29, 0.717) is 26.1 Å². The third-order valence-electron chi connectivity index (χ3n) is 4.86. The topological polar surface area (TPSA) is 75.2 Å². The number of nitrogens with one attached hydrogen (secondary N) is 2. The molecule has 0 aliphatic carbocycles. The number of nitrogens with zero attached hydrogens (tertiary/aromatic N) is 2. The number of likely N-dealkylation sites (tertiary alicyclic amines) is 1. The summed E-state index contributed by atoms with van der Waals surface area (Å²) in [6.45, 7) is 8.55. The predicted molar refractivity (Wildman–Crippen MR) is 132 cm³/mol. The number of ether oxygens (including phenoxy) is 2. The maximum Gasteiger partial charge on any atom is 0.224 e. The molecule has 2 N–H and O–H groups in total. The van der Waals surface area contributed by atoms with Gasteiger partial charge in [0.2, 0.25) is 5.91 Å². The van der Waals surface area contributed by atoms with Crippen molar-refractivity contribution in [2.75, 3.05) is 46.4 Å². The monoisotopic (exact) mass is 532 g/mol. The first kappa shape index (κ1) is 26.3. The maximum absolute atomic E-state index is 12.1. The van der Waals surface area contributed by atoms with E-state index in [9.17, 15) is 4.79 Å². The Hall–Kier alpha value is -1.71. The Morgan fingerprint density at radius 2 is 1.93 bits per heavy atom. The Morgan fingerprint density at radius 3 is 2.60 bits per heavy atom. The number of amides is 1. The van der Waals surface area contributed by atoms with Crippen LogP contribution in [0.15, 0.2) is 23.2 Å². The van der Waals surface area contributed by atoms with Crippen LogP contribution in [0.25, 0.3) is 0 Å². The predicted octanol–water partition coefficient (Wildman–Crippen LogP) is 3.21. The molecule has 8 heteroatoms. The van der Waals surface area contributed by atoms with Crippen molar-refractivity contribution in [3.8, 4) is 11.5 Å². The molecule has 1 amide bonds. The van der Waals surface area contributed by atoms with E-state index < -0.39 is 0 Å². The van der Waals surface area contributed by atoms with Crippen molar-refractivity contribution >= 4 is 35.8 Å². The number of aryl methyl sites for hydroxylation is 1. The van der Waals surface area contributed by atoms with Crippen LogP contribution >= 0.6 is 24.0 Å². The highest BCUT2D eigenvalue weighted by Crippen LogP contribution is 2.28. The van der Waals surface area contributed by atoms with E-state index in [4.69, 9.17) is 9.47 Å². The fourth-order valence-electron chi connectivity index (χ4n) is 3.37. The number of rotatable bonds is 11. The Labute approximate surface area is 198 Å². The van der Waals surface area contributed by atoms with Crippen molar-refractivity contribution in [3.63, 3.8) is 0 Å². The lowest BCUT2D eigenvalue weighted by molar-refractivity contribution is -0.129. The van der Waals surface area contributed by atoms with Crippen LogP contribution in [0.2, 0.25) is 0 Å². The first-order chi connectivity index (χ1) is 14.2. The van der Waals surface area contributed by atoms with E-state index >= 15 is 0 Å². The third kappa shape index (κ3) is 8.97. The minimum absolute atomic E-state index is 0. The van der Waals surface area contributed by atoms with Crippen LogP contribution in [0.1, 0.15) is 45.1 Å². The van der Waals surface area contributed by atoms with Gasteiger partial charge < -0.3 is 25.0 Å². The quantitative estimate of drug-likeness (QED) is 0.198. The summed E-state index contributed by atoms with van der Waals surface area (Å²) < 4.78 is 11.0. The lowest BCUT2D eigenvalue weighted by Gasteiger charge is -2.16. The molecule has 1 aromatic carbocycles. The summed E-state index contributed by atoms with van der Waals surface area (Å²) in [7, 11) is 1.65. The van der Waals surface area contributed by atoms with Gasteiger partial charge in [-0.05, 0) is 57.2 Å². The summed E-state index contributed by atoms with van der Waals surface area (Å²) in [5.41, 5.74) is 1.21. The van der Waals surface area contributed by atoms with Crippen molar-refractivity contribution in [3.05, 3.63) is 23.8 Å². The zero-order valence-corrected chi connectivity index (χ0v) is 20.9. The normalized spacial score (nSPS) is 13.6. The van der Waals surface area contributed by atoms with Gasteiger partial charge in [-0.1, -0.05) is 6.07 Å². The molecule has 170 valence electrons. The van der Waals surface area contributed by atoms with E-state index in [0.717, 1.165) is 62.8 Å². The SMILES string of the molecule is CCNC(=NCCCc1ccc(OC)c(OCC)c1)NCCC(=O)N1CCCC1.I. The molecule has 7 nitrogen and oxygen atoms in total. The molecule has 0 spiro atoms. The largest absolute Gasteiger partial charge is 0.493 e. The minimum Gasteiger partial charge on any atom is -0.493 e. The lowest BCUT2D eigenvalue weighted by Crippen LogP contribution is -2.39. The molecule has 30 heavy (non-hydrogen) atoms. The molecule has 1 aliphatic heterocycles. The average Bonchev–Trinajstić information content (AvgIpc) is 3.26. The summed E-state index contributed by atoms with van der Waals surface area (Å²) in [6.07, 6.45) is 4.62. The zero-order valence-electron chi connectivity index (χ0n) is 18.5. The summed E-state index contributed by atoms with van der Waals surface area (Å²) >= 11 is 0. The van der Waals surface area contributed by atoms with Gasteiger partial charge in [0.05, 0.1) is 13.7 Å². The molecule has 1 heterocycles. The highest BCUT2D eigenvalue weighted by atomic mass is 127. The molecule has 0 aromatic heterocycles. The fraction of sp³-hybridized carbons (Fsp3) is 0.636. The first-order valence-electron chi connectivity index (χ1n) is 10.8. The molecule has 1 aliphatic rings. The van der Waals surface area contributed by atoms with E-state index in [1.54, 1.807) is 7.11 Å². The summed E-state index contributed by atoms with van der Waals surface area (Å²) in [5, 5.41) is 6.51.